The van der Waals surface area contributed by atoms with E-state index in [4.69, 9.17) is 21.1 Å². The van der Waals surface area contributed by atoms with Gasteiger partial charge in [0.25, 0.3) is 0 Å². The average molecular weight is 390 g/mol. The number of carboxylic acids is 1. The predicted molar refractivity (Wildman–Crippen MR) is 100 cm³/mol. The van der Waals surface area contributed by atoms with E-state index < -0.39 is 12.0 Å². The first kappa shape index (κ1) is 19.0. The first-order valence-electron chi connectivity index (χ1n) is 8.45. The highest BCUT2D eigenvalue weighted by atomic mass is 35.5. The van der Waals surface area contributed by atoms with Crippen LogP contribution in [0.3, 0.4) is 0 Å². The zero-order chi connectivity index (χ0) is 19.6. The Bertz CT molecular complexity index is 869. The molecule has 0 aromatic heterocycles. The number of nitrogens with one attached hydrogen (secondary N) is 1. The summed E-state index contributed by atoms with van der Waals surface area (Å²) in [4.78, 5) is 24.3. The highest BCUT2D eigenvalue weighted by Crippen LogP contribution is 2.50. The second-order valence-corrected chi connectivity index (χ2v) is 6.77. The first-order chi connectivity index (χ1) is 13.0. The van der Waals surface area contributed by atoms with Gasteiger partial charge in [-0.25, -0.2) is 4.79 Å². The average Bonchev–Trinajstić information content (AvgIpc) is 3.46. The number of para-hydroxylation sites is 1. The molecule has 2 N–H and O–H groups in total. The van der Waals surface area contributed by atoms with Crippen molar-refractivity contribution in [2.45, 2.75) is 18.4 Å². The van der Waals surface area contributed by atoms with Crippen LogP contribution in [0.25, 0.3) is 0 Å². The van der Waals surface area contributed by atoms with E-state index >= 15 is 0 Å². The molecule has 1 aliphatic carbocycles. The van der Waals surface area contributed by atoms with Gasteiger partial charge in [0.05, 0.1) is 19.2 Å². The molecule has 1 saturated carbocycles. The number of hydrogen-bond acceptors (Lipinski definition) is 4. The molecule has 2 aromatic rings. The van der Waals surface area contributed by atoms with E-state index in [1.165, 1.54) is 13.2 Å². The van der Waals surface area contributed by atoms with Gasteiger partial charge in [0.1, 0.15) is 11.5 Å². The van der Waals surface area contributed by atoms with E-state index in [0.717, 1.165) is 11.3 Å². The van der Waals surface area contributed by atoms with Crippen molar-refractivity contribution in [3.63, 3.8) is 0 Å². The normalized spacial score (nSPS) is 19.1. The maximum absolute atomic E-state index is 12.6. The molecule has 2 aromatic carbocycles. The Morgan fingerprint density at radius 1 is 1.15 bits per heavy atom. The van der Waals surface area contributed by atoms with E-state index in [1.54, 1.807) is 19.2 Å². The molecule has 0 saturated heterocycles. The zero-order valence-electron chi connectivity index (χ0n) is 14.9. The Labute approximate surface area is 162 Å². The minimum Gasteiger partial charge on any atom is -0.496 e. The molecule has 142 valence electrons. The molecule has 0 bridgehead atoms. The number of carboxylic acid groups (broad SMARTS) is 1. The van der Waals surface area contributed by atoms with E-state index in [0.29, 0.717) is 17.7 Å². The van der Waals surface area contributed by atoms with Gasteiger partial charge in [-0.05, 0) is 41.7 Å². The van der Waals surface area contributed by atoms with Gasteiger partial charge < -0.3 is 19.9 Å². The van der Waals surface area contributed by atoms with Crippen LogP contribution in [-0.4, -0.2) is 31.2 Å². The van der Waals surface area contributed by atoms with Gasteiger partial charge in [-0.2, -0.15) is 0 Å². The Hall–Kier alpha value is -2.73. The lowest BCUT2D eigenvalue weighted by atomic mass is 10.1. The second-order valence-electron chi connectivity index (χ2n) is 6.36. The molecule has 0 radical (unpaired) electrons. The summed E-state index contributed by atoms with van der Waals surface area (Å²) >= 11 is 6.08. The van der Waals surface area contributed by atoms with Crippen LogP contribution in [0.4, 0.5) is 0 Å². The number of halogens is 1. The largest absolute Gasteiger partial charge is 0.496 e. The molecule has 7 heteroatoms. The van der Waals surface area contributed by atoms with E-state index in [2.05, 4.69) is 5.32 Å². The van der Waals surface area contributed by atoms with Crippen LogP contribution in [0.1, 0.15) is 29.5 Å². The fourth-order valence-electron chi connectivity index (χ4n) is 3.20. The number of carbonyl (C=O) groups is 2. The lowest BCUT2D eigenvalue weighted by Gasteiger charge is -2.16. The van der Waals surface area contributed by atoms with E-state index in [9.17, 15) is 14.7 Å². The maximum atomic E-state index is 12.6. The topological polar surface area (TPSA) is 84.9 Å². The van der Waals surface area contributed by atoms with Crippen LogP contribution in [0, 0.1) is 5.92 Å². The third kappa shape index (κ3) is 4.01. The molecule has 0 spiro atoms. The third-order valence-electron chi connectivity index (χ3n) is 4.71. The summed E-state index contributed by atoms with van der Waals surface area (Å²) in [5.74, 6) is -0.542. The van der Waals surface area contributed by atoms with Crippen molar-refractivity contribution >= 4 is 23.5 Å². The summed E-state index contributed by atoms with van der Waals surface area (Å²) in [5, 5.41) is 12.5. The van der Waals surface area contributed by atoms with Gasteiger partial charge in [-0.3, -0.25) is 4.79 Å². The maximum Gasteiger partial charge on any atom is 0.330 e. The molecule has 3 rings (SSSR count). The molecular weight excluding hydrogens is 370 g/mol. The SMILES string of the molecule is COc1ccc(C(NC(=O)[C@@H]2C[C@H]2c2ccccc2OC)C(=O)O)cc1Cl. The fourth-order valence-corrected chi connectivity index (χ4v) is 3.47. The molecule has 1 unspecified atom stereocenters. The summed E-state index contributed by atoms with van der Waals surface area (Å²) in [7, 11) is 3.06. The predicted octanol–water partition coefficient (Wildman–Crippen LogP) is 3.40. The Kier molecular flexibility index (Phi) is 5.56. The monoisotopic (exact) mass is 389 g/mol. The van der Waals surface area contributed by atoms with Crippen molar-refractivity contribution in [3.05, 3.63) is 58.6 Å². The van der Waals surface area contributed by atoms with Gasteiger partial charge in [-0.15, -0.1) is 0 Å². The number of methoxy groups -OCH3 is 2. The van der Waals surface area contributed by atoms with E-state index in [1.807, 2.05) is 24.3 Å². The molecule has 6 nitrogen and oxygen atoms in total. The van der Waals surface area contributed by atoms with Crippen molar-refractivity contribution in [2.75, 3.05) is 14.2 Å². The van der Waals surface area contributed by atoms with Gasteiger partial charge in [0.2, 0.25) is 5.91 Å². The van der Waals surface area contributed by atoms with Gasteiger partial charge >= 0.3 is 5.97 Å². The summed E-state index contributed by atoms with van der Waals surface area (Å²) in [6.45, 7) is 0. The van der Waals surface area contributed by atoms with Crippen molar-refractivity contribution in [1.29, 1.82) is 0 Å². The minimum atomic E-state index is -1.18. The third-order valence-corrected chi connectivity index (χ3v) is 5.00. The van der Waals surface area contributed by atoms with Gasteiger partial charge in [-0.1, -0.05) is 35.9 Å². The Morgan fingerprint density at radius 2 is 1.85 bits per heavy atom. The van der Waals surface area contributed by atoms with Gasteiger partial charge in [0, 0.05) is 5.92 Å². The fraction of sp³-hybridized carbons (Fsp3) is 0.300. The first-order valence-corrected chi connectivity index (χ1v) is 8.83. The Morgan fingerprint density at radius 3 is 2.48 bits per heavy atom. The van der Waals surface area contributed by atoms with Crippen LogP contribution in [0.2, 0.25) is 5.02 Å². The van der Waals surface area contributed by atoms with Crippen LogP contribution in [0.15, 0.2) is 42.5 Å². The summed E-state index contributed by atoms with van der Waals surface area (Å²) in [6, 6.07) is 11.0. The molecule has 0 aliphatic heterocycles. The number of benzene rings is 2. The number of aliphatic carboxylic acids is 1. The minimum absolute atomic E-state index is 0.0232. The van der Waals surface area contributed by atoms with Crippen LogP contribution in [-0.2, 0) is 9.59 Å². The summed E-state index contributed by atoms with van der Waals surface area (Å²) < 4.78 is 10.4. The van der Waals surface area contributed by atoms with Crippen LogP contribution in [0.5, 0.6) is 11.5 Å². The van der Waals surface area contributed by atoms with Gasteiger partial charge in [0.15, 0.2) is 6.04 Å². The van der Waals surface area contributed by atoms with Crippen molar-refractivity contribution in [3.8, 4) is 11.5 Å². The van der Waals surface area contributed by atoms with E-state index in [-0.39, 0.29) is 22.8 Å². The standard InChI is InChI=1S/C20H20ClNO5/c1-26-16-6-4-3-5-12(16)13-10-14(13)19(23)22-18(20(24)25)11-7-8-17(27-2)15(21)9-11/h3-9,13-14,18H,10H2,1-2H3,(H,22,23)(H,24,25)/t13-,14+,18?/m0/s1. The van der Waals surface area contributed by atoms with Crippen LogP contribution >= 0.6 is 11.6 Å². The molecular formula is C20H20ClNO5. The molecule has 1 fully saturated rings. The highest BCUT2D eigenvalue weighted by Gasteiger charge is 2.46. The quantitative estimate of drug-likeness (QED) is 0.758. The second kappa shape index (κ2) is 7.88. The van der Waals surface area contributed by atoms with Crippen molar-refractivity contribution in [2.24, 2.45) is 5.92 Å². The molecule has 0 heterocycles. The van der Waals surface area contributed by atoms with Crippen molar-refractivity contribution in [1.82, 2.24) is 5.32 Å². The van der Waals surface area contributed by atoms with Crippen LogP contribution < -0.4 is 14.8 Å². The lowest BCUT2D eigenvalue weighted by molar-refractivity contribution is -0.142. The summed E-state index contributed by atoms with van der Waals surface area (Å²) in [6.07, 6.45) is 0.655. The zero-order valence-corrected chi connectivity index (χ0v) is 15.7. The number of rotatable bonds is 7. The number of carbonyl (C=O) groups excluding carboxylic acids is 1. The van der Waals surface area contributed by atoms with Crippen molar-refractivity contribution < 1.29 is 24.2 Å². The molecule has 1 amide bonds. The highest BCUT2D eigenvalue weighted by molar-refractivity contribution is 6.32. The number of ether oxygens (including phenoxy) is 2. The molecule has 3 atom stereocenters. The smallest absolute Gasteiger partial charge is 0.330 e. The number of hydrogen-bond donors (Lipinski definition) is 2. The molecule has 27 heavy (non-hydrogen) atoms. The number of amides is 1. The molecule has 1 aliphatic rings. The summed E-state index contributed by atoms with van der Waals surface area (Å²) in [5.41, 5.74) is 1.34. The lowest BCUT2D eigenvalue weighted by Crippen LogP contribution is -2.35. The Balaban J connectivity index is 1.74.